The van der Waals surface area contributed by atoms with Gasteiger partial charge < -0.3 is 4.74 Å². The fourth-order valence-electron chi connectivity index (χ4n) is 3.28. The minimum Gasteiger partial charge on any atom is -0.495 e. The fraction of sp³-hybridized carbons (Fsp3) is 0.263. The Balaban J connectivity index is 1.59. The van der Waals surface area contributed by atoms with Gasteiger partial charge >= 0.3 is 0 Å². The van der Waals surface area contributed by atoms with E-state index in [2.05, 4.69) is 10.3 Å². The number of carbonyl (C=O) groups excluding carboxylic acids is 2. The molecule has 4 rings (SSSR count). The van der Waals surface area contributed by atoms with Gasteiger partial charge in [0.1, 0.15) is 5.75 Å². The summed E-state index contributed by atoms with van der Waals surface area (Å²) in [5.41, 5.74) is 2.54. The summed E-state index contributed by atoms with van der Waals surface area (Å²) in [6.45, 7) is 2.41. The van der Waals surface area contributed by atoms with Crippen molar-refractivity contribution in [1.29, 1.82) is 0 Å². The third-order valence-electron chi connectivity index (χ3n) is 4.72. The number of methoxy groups -OCH3 is 1. The molecular weight excluding hydrogens is 368 g/mol. The first-order valence-electron chi connectivity index (χ1n) is 8.44. The minimum absolute atomic E-state index is 0.325. The summed E-state index contributed by atoms with van der Waals surface area (Å²) in [6, 6.07) is 11.2. The Kier molecular flexibility index (Phi) is 4.31. The van der Waals surface area contributed by atoms with Crippen molar-refractivity contribution in [1.82, 2.24) is 5.01 Å². The quantitative estimate of drug-likeness (QED) is 0.759. The van der Waals surface area contributed by atoms with E-state index in [4.69, 9.17) is 16.3 Å². The van der Waals surface area contributed by atoms with Gasteiger partial charge in [-0.15, -0.1) is 0 Å². The van der Waals surface area contributed by atoms with E-state index in [-0.39, 0.29) is 5.91 Å². The number of carbonyl (C=O) groups is 2. The molecule has 0 saturated carbocycles. The third kappa shape index (κ3) is 2.94. The number of benzene rings is 2. The number of hydrogen-bond donors (Lipinski definition) is 0. The molecule has 2 aromatic rings. The van der Waals surface area contributed by atoms with Crippen LogP contribution in [0.25, 0.3) is 0 Å². The Hall–Kier alpha value is -2.93. The monoisotopic (exact) mass is 384 g/mol. The van der Waals surface area contributed by atoms with Crippen LogP contribution in [0.4, 0.5) is 5.69 Å². The highest BCUT2D eigenvalue weighted by Gasteiger charge is 2.54. The number of anilines is 1. The van der Waals surface area contributed by atoms with Gasteiger partial charge in [-0.3, -0.25) is 14.6 Å². The molecule has 2 aliphatic rings. The van der Waals surface area contributed by atoms with Crippen LogP contribution in [0.2, 0.25) is 5.02 Å². The van der Waals surface area contributed by atoms with Gasteiger partial charge in [0.15, 0.2) is 12.1 Å². The molecule has 1 saturated heterocycles. The van der Waals surface area contributed by atoms with Crippen LogP contribution < -0.4 is 9.64 Å². The van der Waals surface area contributed by atoms with E-state index in [1.54, 1.807) is 23.2 Å². The Morgan fingerprint density at radius 1 is 1.11 bits per heavy atom. The normalized spacial score (nSPS) is 21.1. The fourth-order valence-corrected chi connectivity index (χ4v) is 3.54. The average Bonchev–Trinajstić information content (AvgIpc) is 3.17. The zero-order valence-electron chi connectivity index (χ0n) is 14.8. The van der Waals surface area contributed by atoms with Gasteiger partial charge in [-0.25, -0.2) is 4.90 Å². The van der Waals surface area contributed by atoms with Crippen LogP contribution in [0.5, 0.6) is 5.75 Å². The summed E-state index contributed by atoms with van der Waals surface area (Å²) in [7, 11) is 1.50. The Morgan fingerprint density at radius 2 is 1.85 bits per heavy atom. The molecule has 138 valence electrons. The van der Waals surface area contributed by atoms with E-state index in [1.165, 1.54) is 7.11 Å². The Morgan fingerprint density at radius 3 is 2.52 bits per heavy atom. The molecule has 2 atom stereocenters. The van der Waals surface area contributed by atoms with Crippen molar-refractivity contribution in [2.45, 2.75) is 25.6 Å². The van der Waals surface area contributed by atoms with Crippen LogP contribution in [0, 0.1) is 6.92 Å². The van der Waals surface area contributed by atoms with Gasteiger partial charge in [-0.2, -0.15) is 5.11 Å². The standard InChI is InChI=1S/C19H17ClN4O3/c1-11-3-5-12(6-4-11)10-23-17-16(21-22-23)18(25)24(19(17)26)13-7-8-15(27-2)14(20)9-13/h3-9,16-17H,10H2,1-2H3/t16-,17+/m0/s1. The first-order valence-corrected chi connectivity index (χ1v) is 8.81. The summed E-state index contributed by atoms with van der Waals surface area (Å²) in [4.78, 5) is 26.9. The summed E-state index contributed by atoms with van der Waals surface area (Å²) in [5.74, 6) is -0.287. The number of ether oxygens (including phenoxy) is 1. The molecule has 8 heteroatoms. The van der Waals surface area contributed by atoms with E-state index in [0.29, 0.717) is 23.0 Å². The van der Waals surface area contributed by atoms with Crippen LogP contribution in [0.1, 0.15) is 11.1 Å². The van der Waals surface area contributed by atoms with Crippen molar-refractivity contribution in [3.63, 3.8) is 0 Å². The smallest absolute Gasteiger partial charge is 0.263 e. The largest absolute Gasteiger partial charge is 0.495 e. The van der Waals surface area contributed by atoms with Crippen molar-refractivity contribution in [2.24, 2.45) is 10.3 Å². The molecule has 0 spiro atoms. The highest BCUT2D eigenvalue weighted by Crippen LogP contribution is 2.35. The van der Waals surface area contributed by atoms with Crippen LogP contribution in [0.3, 0.4) is 0 Å². The lowest BCUT2D eigenvalue weighted by atomic mass is 10.1. The van der Waals surface area contributed by atoms with Crippen molar-refractivity contribution in [3.8, 4) is 5.75 Å². The second kappa shape index (κ2) is 6.66. The average molecular weight is 385 g/mol. The molecular formula is C19H17ClN4O3. The van der Waals surface area contributed by atoms with Gasteiger partial charge in [-0.05, 0) is 30.7 Å². The lowest BCUT2D eigenvalue weighted by Crippen LogP contribution is -2.39. The maximum absolute atomic E-state index is 13.0. The van der Waals surface area contributed by atoms with E-state index >= 15 is 0 Å². The Labute approximate surface area is 161 Å². The van der Waals surface area contributed by atoms with E-state index in [0.717, 1.165) is 16.0 Å². The SMILES string of the molecule is COc1ccc(N2C(=O)[C@H]3N=NN(Cc4ccc(C)cc4)[C@H]3C2=O)cc1Cl. The first kappa shape index (κ1) is 17.5. The molecule has 0 aliphatic carbocycles. The molecule has 1 fully saturated rings. The predicted octanol–water partition coefficient (Wildman–Crippen LogP) is 3.15. The van der Waals surface area contributed by atoms with Crippen molar-refractivity contribution < 1.29 is 14.3 Å². The summed E-state index contributed by atoms with van der Waals surface area (Å²) < 4.78 is 5.12. The topological polar surface area (TPSA) is 74.6 Å². The number of hydrogen-bond acceptors (Lipinski definition) is 6. The number of rotatable bonds is 4. The van der Waals surface area contributed by atoms with Crippen LogP contribution in [-0.2, 0) is 16.1 Å². The highest BCUT2D eigenvalue weighted by atomic mass is 35.5. The molecule has 0 radical (unpaired) electrons. The zero-order chi connectivity index (χ0) is 19.1. The number of aryl methyl sites for hydroxylation is 1. The van der Waals surface area contributed by atoms with E-state index < -0.39 is 18.0 Å². The molecule has 0 N–H and O–H groups in total. The highest BCUT2D eigenvalue weighted by molar-refractivity contribution is 6.33. The van der Waals surface area contributed by atoms with Gasteiger partial charge in [0.2, 0.25) is 0 Å². The van der Waals surface area contributed by atoms with E-state index in [9.17, 15) is 9.59 Å². The van der Waals surface area contributed by atoms with Crippen LogP contribution >= 0.6 is 11.6 Å². The number of halogens is 1. The molecule has 2 aliphatic heterocycles. The van der Waals surface area contributed by atoms with Crippen LogP contribution in [-0.4, -0.2) is 36.0 Å². The molecule has 2 amide bonds. The molecule has 27 heavy (non-hydrogen) atoms. The van der Waals surface area contributed by atoms with E-state index in [1.807, 2.05) is 31.2 Å². The summed E-state index contributed by atoms with van der Waals surface area (Å²) >= 11 is 6.15. The lowest BCUT2D eigenvalue weighted by Gasteiger charge is -2.21. The Bertz CT molecular complexity index is 944. The molecule has 2 aromatic carbocycles. The van der Waals surface area contributed by atoms with Crippen molar-refractivity contribution >= 4 is 29.1 Å². The van der Waals surface area contributed by atoms with Gasteiger partial charge in [0.25, 0.3) is 11.8 Å². The number of amides is 2. The van der Waals surface area contributed by atoms with Crippen molar-refractivity contribution in [3.05, 3.63) is 58.6 Å². The number of fused-ring (bicyclic) bond motifs is 1. The van der Waals surface area contributed by atoms with Gasteiger partial charge in [-0.1, -0.05) is 46.7 Å². The van der Waals surface area contributed by atoms with Gasteiger partial charge in [0, 0.05) is 0 Å². The lowest BCUT2D eigenvalue weighted by molar-refractivity contribution is -0.123. The van der Waals surface area contributed by atoms with Crippen LogP contribution in [0.15, 0.2) is 52.8 Å². The maximum Gasteiger partial charge on any atom is 0.263 e. The van der Waals surface area contributed by atoms with Gasteiger partial charge in [0.05, 0.1) is 24.4 Å². The molecule has 0 unspecified atom stereocenters. The first-order chi connectivity index (χ1) is 13.0. The second-order valence-electron chi connectivity index (χ2n) is 6.51. The molecule has 0 bridgehead atoms. The second-order valence-corrected chi connectivity index (χ2v) is 6.92. The number of imide groups is 1. The number of nitrogens with zero attached hydrogens (tertiary/aromatic N) is 4. The molecule has 0 aromatic heterocycles. The third-order valence-corrected chi connectivity index (χ3v) is 5.01. The molecule has 2 heterocycles. The molecule has 7 nitrogen and oxygen atoms in total. The van der Waals surface area contributed by atoms with Crippen molar-refractivity contribution in [2.75, 3.05) is 12.0 Å². The minimum atomic E-state index is -0.830. The summed E-state index contributed by atoms with van der Waals surface area (Å²) in [6.07, 6.45) is 0. The maximum atomic E-state index is 13.0. The zero-order valence-corrected chi connectivity index (χ0v) is 15.6. The summed E-state index contributed by atoms with van der Waals surface area (Å²) in [5, 5.41) is 9.99. The predicted molar refractivity (Wildman–Crippen MR) is 99.7 cm³/mol.